The lowest BCUT2D eigenvalue weighted by Gasteiger charge is -2.17. The second-order valence-electron chi connectivity index (χ2n) is 5.19. The van der Waals surface area contributed by atoms with Crippen molar-refractivity contribution in [3.8, 4) is 0 Å². The quantitative estimate of drug-likeness (QED) is 0.688. The van der Waals surface area contributed by atoms with E-state index in [0.717, 1.165) is 4.88 Å². The molecule has 0 spiro atoms. The van der Waals surface area contributed by atoms with Crippen LogP contribution < -0.4 is 10.6 Å². The van der Waals surface area contributed by atoms with Crippen molar-refractivity contribution in [2.75, 3.05) is 11.9 Å². The van der Waals surface area contributed by atoms with E-state index in [1.165, 1.54) is 24.3 Å². The average molecular weight is 358 g/mol. The number of anilines is 1. The Balaban J connectivity index is 1.61. The van der Waals surface area contributed by atoms with Gasteiger partial charge in [0.15, 0.2) is 0 Å². The van der Waals surface area contributed by atoms with E-state index in [-0.39, 0.29) is 12.6 Å². The van der Waals surface area contributed by atoms with Crippen LogP contribution in [0.5, 0.6) is 0 Å². The molecule has 3 rings (SSSR count). The summed E-state index contributed by atoms with van der Waals surface area (Å²) >= 11 is 1.55. The Morgan fingerprint density at radius 2 is 1.96 bits per heavy atom. The van der Waals surface area contributed by atoms with Crippen molar-refractivity contribution < 1.29 is 14.0 Å². The first-order valence-corrected chi connectivity index (χ1v) is 8.39. The molecular weight excluding hydrogens is 343 g/mol. The number of hydrogen-bond donors (Lipinski definition) is 2. The minimum absolute atomic E-state index is 0.197. The Morgan fingerprint density at radius 3 is 2.60 bits per heavy atom. The van der Waals surface area contributed by atoms with E-state index >= 15 is 0 Å². The summed E-state index contributed by atoms with van der Waals surface area (Å²) in [6, 6.07) is 10.6. The fourth-order valence-corrected chi connectivity index (χ4v) is 3.08. The number of carbonyl (C=O) groups excluding carboxylic acids is 2. The number of hydrogen-bond acceptors (Lipinski definition) is 4. The molecule has 0 aliphatic rings. The molecule has 2 aromatic heterocycles. The van der Waals surface area contributed by atoms with Crippen molar-refractivity contribution in [3.63, 3.8) is 0 Å². The van der Waals surface area contributed by atoms with Crippen molar-refractivity contribution in [1.29, 1.82) is 0 Å². The lowest BCUT2D eigenvalue weighted by Crippen LogP contribution is -2.38. The zero-order valence-electron chi connectivity index (χ0n) is 13.1. The number of aromatic nitrogens is 2. The first kappa shape index (κ1) is 16.8. The summed E-state index contributed by atoms with van der Waals surface area (Å²) in [5, 5.41) is 11.2. The summed E-state index contributed by atoms with van der Waals surface area (Å²) in [5.41, 5.74) is 0.350. The molecule has 0 bridgehead atoms. The van der Waals surface area contributed by atoms with Crippen molar-refractivity contribution in [2.45, 2.75) is 6.04 Å². The SMILES string of the molecule is O=C(NCC(c1cccs1)n1cccn1)C(=O)Nc1ccc(F)cc1. The van der Waals surface area contributed by atoms with Crippen molar-refractivity contribution >= 4 is 28.8 Å². The highest BCUT2D eigenvalue weighted by atomic mass is 32.1. The van der Waals surface area contributed by atoms with E-state index < -0.39 is 17.6 Å². The highest BCUT2D eigenvalue weighted by Crippen LogP contribution is 2.21. The molecule has 6 nitrogen and oxygen atoms in total. The maximum atomic E-state index is 12.9. The van der Waals surface area contributed by atoms with Gasteiger partial charge in [-0.25, -0.2) is 4.39 Å². The third-order valence-corrected chi connectivity index (χ3v) is 4.45. The van der Waals surface area contributed by atoms with Crippen molar-refractivity contribution in [1.82, 2.24) is 15.1 Å². The Labute approximate surface area is 147 Å². The summed E-state index contributed by atoms with van der Waals surface area (Å²) in [4.78, 5) is 25.0. The predicted octanol–water partition coefficient (Wildman–Crippen LogP) is 2.43. The van der Waals surface area contributed by atoms with E-state index in [0.29, 0.717) is 5.69 Å². The molecule has 128 valence electrons. The van der Waals surface area contributed by atoms with Gasteiger partial charge in [-0.05, 0) is 41.8 Å². The normalized spacial score (nSPS) is 11.7. The number of thiophene rings is 1. The summed E-state index contributed by atoms with van der Waals surface area (Å²) in [6.07, 6.45) is 3.46. The molecule has 25 heavy (non-hydrogen) atoms. The second-order valence-corrected chi connectivity index (χ2v) is 6.17. The number of benzene rings is 1. The van der Waals surface area contributed by atoms with Gasteiger partial charge >= 0.3 is 11.8 Å². The van der Waals surface area contributed by atoms with Crippen LogP contribution in [0.4, 0.5) is 10.1 Å². The first-order valence-electron chi connectivity index (χ1n) is 7.51. The first-order chi connectivity index (χ1) is 12.1. The molecule has 1 unspecified atom stereocenters. The van der Waals surface area contributed by atoms with Gasteiger partial charge in [0, 0.05) is 29.5 Å². The zero-order chi connectivity index (χ0) is 17.6. The fourth-order valence-electron chi connectivity index (χ4n) is 2.26. The van der Waals surface area contributed by atoms with Gasteiger partial charge in [-0.3, -0.25) is 14.3 Å². The molecule has 2 N–H and O–H groups in total. The van der Waals surface area contributed by atoms with Crippen molar-refractivity contribution in [2.24, 2.45) is 0 Å². The monoisotopic (exact) mass is 358 g/mol. The van der Waals surface area contributed by atoms with E-state index in [1.807, 2.05) is 17.5 Å². The van der Waals surface area contributed by atoms with Gasteiger partial charge in [0.1, 0.15) is 11.9 Å². The molecular formula is C17H15FN4O2S. The molecule has 2 heterocycles. The molecule has 2 amide bonds. The summed E-state index contributed by atoms with van der Waals surface area (Å²) < 4.78 is 14.6. The lowest BCUT2D eigenvalue weighted by atomic mass is 10.2. The molecule has 1 atom stereocenters. The van der Waals surface area contributed by atoms with Crippen molar-refractivity contribution in [3.05, 3.63) is 70.9 Å². The Hall–Kier alpha value is -3.00. The van der Waals surface area contributed by atoms with E-state index in [9.17, 15) is 14.0 Å². The summed E-state index contributed by atoms with van der Waals surface area (Å²) in [5.74, 6) is -1.99. The minimum atomic E-state index is -0.808. The smallest absolute Gasteiger partial charge is 0.313 e. The van der Waals surface area contributed by atoms with Crippen LogP contribution in [0, 0.1) is 5.82 Å². The van der Waals surface area contributed by atoms with E-state index in [4.69, 9.17) is 0 Å². The minimum Gasteiger partial charge on any atom is -0.345 e. The number of amides is 2. The average Bonchev–Trinajstić information content (AvgIpc) is 3.31. The molecule has 0 aliphatic carbocycles. The van der Waals surface area contributed by atoms with Crippen LogP contribution in [0.2, 0.25) is 0 Å². The maximum absolute atomic E-state index is 12.9. The standard InChI is InChI=1S/C17H15FN4O2S/c18-12-4-6-13(7-5-12)21-17(24)16(23)19-11-14(15-3-1-10-25-15)22-9-2-8-20-22/h1-10,14H,11H2,(H,19,23)(H,21,24). The number of nitrogens with one attached hydrogen (secondary N) is 2. The number of halogens is 1. The topological polar surface area (TPSA) is 76.0 Å². The van der Waals surface area contributed by atoms with Gasteiger partial charge < -0.3 is 10.6 Å². The van der Waals surface area contributed by atoms with Gasteiger partial charge in [-0.15, -0.1) is 11.3 Å². The second kappa shape index (κ2) is 7.71. The predicted molar refractivity (Wildman–Crippen MR) is 92.7 cm³/mol. The van der Waals surface area contributed by atoms with Gasteiger partial charge in [-0.2, -0.15) is 5.10 Å². The number of carbonyl (C=O) groups is 2. The van der Waals surface area contributed by atoms with Gasteiger partial charge in [0.05, 0.1) is 0 Å². The van der Waals surface area contributed by atoms with Gasteiger partial charge in [0.2, 0.25) is 0 Å². The maximum Gasteiger partial charge on any atom is 0.313 e. The van der Waals surface area contributed by atoms with Crippen LogP contribution in [-0.4, -0.2) is 28.1 Å². The van der Waals surface area contributed by atoms with Crippen LogP contribution in [0.25, 0.3) is 0 Å². The summed E-state index contributed by atoms with van der Waals surface area (Å²) in [6.45, 7) is 0.220. The lowest BCUT2D eigenvalue weighted by molar-refractivity contribution is -0.136. The van der Waals surface area contributed by atoms with Crippen LogP contribution in [0.1, 0.15) is 10.9 Å². The molecule has 0 aliphatic heterocycles. The fraction of sp³-hybridized carbons (Fsp3) is 0.118. The van der Waals surface area contributed by atoms with Crippen LogP contribution in [-0.2, 0) is 9.59 Å². The Morgan fingerprint density at radius 1 is 1.16 bits per heavy atom. The largest absolute Gasteiger partial charge is 0.345 e. The van der Waals surface area contributed by atoms with Gasteiger partial charge in [-0.1, -0.05) is 6.07 Å². The molecule has 0 fully saturated rings. The van der Waals surface area contributed by atoms with E-state index in [2.05, 4.69) is 15.7 Å². The number of nitrogens with zero attached hydrogens (tertiary/aromatic N) is 2. The third kappa shape index (κ3) is 4.30. The van der Waals surface area contributed by atoms with E-state index in [1.54, 1.807) is 34.5 Å². The highest BCUT2D eigenvalue weighted by molar-refractivity contribution is 7.10. The molecule has 0 saturated carbocycles. The zero-order valence-corrected chi connectivity index (χ0v) is 13.9. The molecule has 3 aromatic rings. The Kier molecular flexibility index (Phi) is 5.20. The highest BCUT2D eigenvalue weighted by Gasteiger charge is 2.19. The molecule has 0 radical (unpaired) electrons. The van der Waals surface area contributed by atoms with Crippen LogP contribution in [0.15, 0.2) is 60.2 Å². The summed E-state index contributed by atoms with van der Waals surface area (Å²) in [7, 11) is 0. The Bertz CT molecular complexity index is 798. The van der Waals surface area contributed by atoms with Crippen LogP contribution >= 0.6 is 11.3 Å². The number of rotatable bonds is 5. The molecule has 0 saturated heterocycles. The van der Waals surface area contributed by atoms with Crippen LogP contribution in [0.3, 0.4) is 0 Å². The molecule has 8 heteroatoms. The molecule has 1 aromatic carbocycles. The van der Waals surface area contributed by atoms with Gasteiger partial charge in [0.25, 0.3) is 0 Å². The third-order valence-electron chi connectivity index (χ3n) is 3.48.